The molecule has 4 atom stereocenters. The Hall–Kier alpha value is -2.70. The first-order chi connectivity index (χ1) is 9.42. The van der Waals surface area contributed by atoms with Crippen LogP contribution in [0.5, 0.6) is 0 Å². The summed E-state index contributed by atoms with van der Waals surface area (Å²) in [5, 5.41) is 35.9. The Bertz CT molecular complexity index is 412. The number of nitriles is 4. The minimum absolute atomic E-state index is 0.475. The Labute approximate surface area is 120 Å². The summed E-state index contributed by atoms with van der Waals surface area (Å²) >= 11 is 0. The molecule has 0 aliphatic carbocycles. The molecule has 0 rings (SSSR count). The van der Waals surface area contributed by atoms with Gasteiger partial charge in [-0.05, 0) is 27.7 Å². The maximum absolute atomic E-state index is 8.97. The van der Waals surface area contributed by atoms with Crippen molar-refractivity contribution in [1.82, 2.24) is 9.80 Å². The van der Waals surface area contributed by atoms with Crippen molar-refractivity contribution in [3.05, 3.63) is 12.4 Å². The van der Waals surface area contributed by atoms with Gasteiger partial charge >= 0.3 is 0 Å². The standard InChI is InChI=1S/C14H18N6/c1-11(7-15)19(12(2)8-16)5-6-20(13(3)9-17)14(4)10-18/h5-6,11-14H,1-4H3/b6-5+. The SMILES string of the molecule is CC(C#N)N(/C=C/N(C(C)C#N)C(C)C#N)C(C)C#N. The van der Waals surface area contributed by atoms with Crippen molar-refractivity contribution in [1.29, 1.82) is 21.0 Å². The van der Waals surface area contributed by atoms with Gasteiger partial charge in [-0.2, -0.15) is 21.0 Å². The van der Waals surface area contributed by atoms with E-state index >= 15 is 0 Å². The van der Waals surface area contributed by atoms with Crippen LogP contribution >= 0.6 is 0 Å². The average Bonchev–Trinajstić information content (AvgIpc) is 2.48. The lowest BCUT2D eigenvalue weighted by molar-refractivity contribution is 0.276. The predicted molar refractivity (Wildman–Crippen MR) is 73.1 cm³/mol. The molecule has 0 spiro atoms. The van der Waals surface area contributed by atoms with E-state index in [0.717, 1.165) is 0 Å². The third kappa shape index (κ3) is 4.52. The topological polar surface area (TPSA) is 102 Å². The third-order valence-corrected chi connectivity index (χ3v) is 2.95. The quantitative estimate of drug-likeness (QED) is 0.728. The smallest absolute Gasteiger partial charge is 0.114 e. The van der Waals surface area contributed by atoms with E-state index in [1.807, 2.05) is 0 Å². The molecule has 0 heterocycles. The Morgan fingerprint density at radius 1 is 0.600 bits per heavy atom. The summed E-state index contributed by atoms with van der Waals surface area (Å²) in [6, 6.07) is 6.36. The van der Waals surface area contributed by atoms with Gasteiger partial charge in [0.25, 0.3) is 0 Å². The summed E-state index contributed by atoms with van der Waals surface area (Å²) in [5.41, 5.74) is 0. The van der Waals surface area contributed by atoms with E-state index in [0.29, 0.717) is 0 Å². The summed E-state index contributed by atoms with van der Waals surface area (Å²) < 4.78 is 0. The van der Waals surface area contributed by atoms with Crippen LogP contribution in [0, 0.1) is 45.3 Å². The van der Waals surface area contributed by atoms with Gasteiger partial charge in [-0.25, -0.2) is 0 Å². The molecule has 0 radical (unpaired) electrons. The fraction of sp³-hybridized carbons (Fsp3) is 0.571. The van der Waals surface area contributed by atoms with E-state index in [9.17, 15) is 0 Å². The van der Waals surface area contributed by atoms with Crippen LogP contribution in [0.3, 0.4) is 0 Å². The van der Waals surface area contributed by atoms with E-state index in [4.69, 9.17) is 21.0 Å². The number of nitrogens with zero attached hydrogens (tertiary/aromatic N) is 6. The van der Waals surface area contributed by atoms with Crippen LogP contribution in [0.2, 0.25) is 0 Å². The van der Waals surface area contributed by atoms with Crippen LogP contribution in [0.4, 0.5) is 0 Å². The molecule has 0 amide bonds. The Kier molecular flexibility index (Phi) is 7.27. The van der Waals surface area contributed by atoms with E-state index in [1.54, 1.807) is 49.9 Å². The molecule has 0 N–H and O–H groups in total. The lowest BCUT2D eigenvalue weighted by Gasteiger charge is -2.29. The fourth-order valence-electron chi connectivity index (χ4n) is 1.61. The van der Waals surface area contributed by atoms with Gasteiger partial charge in [0.05, 0.1) is 24.3 Å². The van der Waals surface area contributed by atoms with Gasteiger partial charge in [0, 0.05) is 12.4 Å². The van der Waals surface area contributed by atoms with Gasteiger partial charge in [-0.15, -0.1) is 0 Å². The molecule has 0 bridgehead atoms. The lowest BCUT2D eigenvalue weighted by Crippen LogP contribution is -2.37. The van der Waals surface area contributed by atoms with E-state index in [-0.39, 0.29) is 0 Å². The fourth-order valence-corrected chi connectivity index (χ4v) is 1.61. The van der Waals surface area contributed by atoms with E-state index in [1.165, 1.54) is 0 Å². The molecule has 4 unspecified atom stereocenters. The van der Waals surface area contributed by atoms with Crippen LogP contribution in [-0.4, -0.2) is 34.0 Å². The van der Waals surface area contributed by atoms with Crippen molar-refractivity contribution < 1.29 is 0 Å². The summed E-state index contributed by atoms with van der Waals surface area (Å²) in [7, 11) is 0. The molecule has 0 aromatic rings. The molecule has 0 aliphatic rings. The molecule has 6 nitrogen and oxygen atoms in total. The summed E-state index contributed by atoms with van der Waals surface area (Å²) in [4.78, 5) is 3.17. The van der Waals surface area contributed by atoms with E-state index < -0.39 is 24.2 Å². The molecule has 0 fully saturated rings. The van der Waals surface area contributed by atoms with Gasteiger partial charge in [-0.3, -0.25) is 0 Å². The predicted octanol–water partition coefficient (Wildman–Crippen LogP) is 1.71. The van der Waals surface area contributed by atoms with Crippen LogP contribution in [0.1, 0.15) is 27.7 Å². The monoisotopic (exact) mass is 270 g/mol. The second-order valence-corrected chi connectivity index (χ2v) is 4.41. The van der Waals surface area contributed by atoms with Crippen LogP contribution in [-0.2, 0) is 0 Å². The maximum atomic E-state index is 8.97. The number of rotatable bonds is 6. The molecule has 0 saturated heterocycles. The Morgan fingerprint density at radius 2 is 0.800 bits per heavy atom. The second kappa shape index (κ2) is 8.41. The first-order valence-electron chi connectivity index (χ1n) is 6.24. The van der Waals surface area contributed by atoms with Crippen molar-refractivity contribution in [3.63, 3.8) is 0 Å². The molecule has 0 aromatic heterocycles. The highest BCUT2D eigenvalue weighted by atomic mass is 15.2. The van der Waals surface area contributed by atoms with Crippen LogP contribution in [0.25, 0.3) is 0 Å². The molecule has 0 aliphatic heterocycles. The zero-order chi connectivity index (χ0) is 15.7. The van der Waals surface area contributed by atoms with Crippen molar-refractivity contribution >= 4 is 0 Å². The number of hydrogen-bond donors (Lipinski definition) is 0. The van der Waals surface area contributed by atoms with E-state index in [2.05, 4.69) is 24.3 Å². The second-order valence-electron chi connectivity index (χ2n) is 4.41. The van der Waals surface area contributed by atoms with Crippen molar-refractivity contribution in [3.8, 4) is 24.3 Å². The first kappa shape index (κ1) is 17.3. The van der Waals surface area contributed by atoms with Crippen molar-refractivity contribution in [2.24, 2.45) is 0 Å². The van der Waals surface area contributed by atoms with Gasteiger partial charge in [-0.1, -0.05) is 0 Å². The molecule has 0 saturated carbocycles. The maximum Gasteiger partial charge on any atom is 0.114 e. The van der Waals surface area contributed by atoms with Crippen molar-refractivity contribution in [2.75, 3.05) is 0 Å². The van der Waals surface area contributed by atoms with Crippen molar-refractivity contribution in [2.45, 2.75) is 51.9 Å². The minimum atomic E-state index is -0.475. The number of hydrogen-bond acceptors (Lipinski definition) is 6. The summed E-state index contributed by atoms with van der Waals surface area (Å²) in [5.74, 6) is 0. The Morgan fingerprint density at radius 3 is 0.950 bits per heavy atom. The van der Waals surface area contributed by atoms with Gasteiger partial charge in [0.2, 0.25) is 0 Å². The third-order valence-electron chi connectivity index (χ3n) is 2.95. The highest BCUT2D eigenvalue weighted by Gasteiger charge is 2.19. The van der Waals surface area contributed by atoms with Crippen LogP contribution < -0.4 is 0 Å². The van der Waals surface area contributed by atoms with Crippen LogP contribution in [0.15, 0.2) is 12.4 Å². The summed E-state index contributed by atoms with van der Waals surface area (Å²) in [6.45, 7) is 6.74. The largest absolute Gasteiger partial charge is 0.345 e. The molecule has 104 valence electrons. The summed E-state index contributed by atoms with van der Waals surface area (Å²) in [6.07, 6.45) is 3.17. The molecular weight excluding hydrogens is 252 g/mol. The molecular formula is C14H18N6. The highest BCUT2D eigenvalue weighted by Crippen LogP contribution is 2.10. The minimum Gasteiger partial charge on any atom is -0.345 e. The molecule has 6 heteroatoms. The average molecular weight is 270 g/mol. The highest BCUT2D eigenvalue weighted by molar-refractivity contribution is 5.07. The Balaban J connectivity index is 5.28. The molecule has 0 aromatic carbocycles. The first-order valence-corrected chi connectivity index (χ1v) is 6.24. The molecule has 20 heavy (non-hydrogen) atoms. The van der Waals surface area contributed by atoms with Gasteiger partial charge < -0.3 is 9.80 Å². The zero-order valence-electron chi connectivity index (χ0n) is 12.1. The lowest BCUT2D eigenvalue weighted by atomic mass is 10.2. The zero-order valence-corrected chi connectivity index (χ0v) is 12.1. The van der Waals surface area contributed by atoms with Gasteiger partial charge in [0.1, 0.15) is 24.2 Å². The normalized spacial score (nSPS) is 15.8. The van der Waals surface area contributed by atoms with Gasteiger partial charge in [0.15, 0.2) is 0 Å².